The zero-order chi connectivity index (χ0) is 25.8. The predicted octanol–water partition coefficient (Wildman–Crippen LogP) is 3.99. The Morgan fingerprint density at radius 1 is 0.919 bits per heavy atom. The third-order valence-corrected chi connectivity index (χ3v) is 7.45. The predicted molar refractivity (Wildman–Crippen MR) is 144 cm³/mol. The van der Waals surface area contributed by atoms with Crippen molar-refractivity contribution in [3.63, 3.8) is 0 Å². The second-order valence-corrected chi connectivity index (χ2v) is 9.77. The summed E-state index contributed by atoms with van der Waals surface area (Å²) in [7, 11) is 0. The topological polar surface area (TPSA) is 109 Å². The second kappa shape index (κ2) is 10.9. The molecule has 9 nitrogen and oxygen atoms in total. The monoisotopic (exact) mass is 515 g/mol. The van der Waals surface area contributed by atoms with Gasteiger partial charge in [0.2, 0.25) is 0 Å². The van der Waals surface area contributed by atoms with E-state index in [0.29, 0.717) is 23.2 Å². The molecule has 1 fully saturated rings. The van der Waals surface area contributed by atoms with Crippen molar-refractivity contribution in [1.29, 1.82) is 0 Å². The van der Waals surface area contributed by atoms with Crippen molar-refractivity contribution >= 4 is 44.1 Å². The molecule has 1 aromatic heterocycles. The van der Waals surface area contributed by atoms with Gasteiger partial charge in [-0.2, -0.15) is 0 Å². The van der Waals surface area contributed by atoms with Gasteiger partial charge in [0.1, 0.15) is 0 Å². The number of hydrogen-bond donors (Lipinski definition) is 1. The Morgan fingerprint density at radius 3 is 2.30 bits per heavy atom. The molecule has 2 heterocycles. The standard InChI is InChI=1S/C27H25N5O4S/c33-25(19-4-2-1-3-5-19)20-6-8-21(9-7-20)26(34)28-12-13-30-14-16-31(17-15-30)27-29-23-11-10-22(32(35)36)18-24(23)37-27/h1-11,18H,12-17H2,(H,28,34). The van der Waals surface area contributed by atoms with E-state index in [4.69, 9.17) is 0 Å². The Labute approximate surface area is 217 Å². The van der Waals surface area contributed by atoms with Crippen LogP contribution in [0.3, 0.4) is 0 Å². The first-order valence-electron chi connectivity index (χ1n) is 12.0. The summed E-state index contributed by atoms with van der Waals surface area (Å²) < 4.78 is 0.812. The largest absolute Gasteiger partial charge is 0.351 e. The number of ketones is 1. The summed E-state index contributed by atoms with van der Waals surface area (Å²) in [6, 6.07) is 20.5. The van der Waals surface area contributed by atoms with Gasteiger partial charge in [0, 0.05) is 68.1 Å². The highest BCUT2D eigenvalue weighted by Crippen LogP contribution is 2.31. The Kier molecular flexibility index (Phi) is 7.20. The Bertz CT molecular complexity index is 1430. The van der Waals surface area contributed by atoms with E-state index >= 15 is 0 Å². The SMILES string of the molecule is O=C(NCCN1CCN(c2nc3ccc([N+](=O)[O-])cc3s2)CC1)c1ccc(C(=O)c2ccccc2)cc1. The number of nitro benzene ring substituents is 1. The van der Waals surface area contributed by atoms with Crippen LogP contribution in [0.4, 0.5) is 10.8 Å². The van der Waals surface area contributed by atoms with E-state index in [1.807, 2.05) is 18.2 Å². The van der Waals surface area contributed by atoms with E-state index in [2.05, 4.69) is 20.1 Å². The van der Waals surface area contributed by atoms with Crippen molar-refractivity contribution in [2.75, 3.05) is 44.2 Å². The van der Waals surface area contributed by atoms with Crippen molar-refractivity contribution in [1.82, 2.24) is 15.2 Å². The molecule has 1 N–H and O–H groups in total. The summed E-state index contributed by atoms with van der Waals surface area (Å²) in [6.07, 6.45) is 0. The third kappa shape index (κ3) is 5.65. The van der Waals surface area contributed by atoms with Gasteiger partial charge in [0.25, 0.3) is 11.6 Å². The van der Waals surface area contributed by atoms with Gasteiger partial charge in [0.15, 0.2) is 10.9 Å². The summed E-state index contributed by atoms with van der Waals surface area (Å²) in [4.78, 5) is 44.8. The molecule has 0 saturated carbocycles. The fourth-order valence-corrected chi connectivity index (χ4v) is 5.32. The van der Waals surface area contributed by atoms with Gasteiger partial charge >= 0.3 is 0 Å². The molecule has 4 aromatic rings. The number of nitrogens with one attached hydrogen (secondary N) is 1. The smallest absolute Gasteiger partial charge is 0.270 e. The number of non-ortho nitro benzene ring substituents is 1. The molecular weight excluding hydrogens is 490 g/mol. The molecule has 0 atom stereocenters. The molecule has 5 rings (SSSR count). The molecular formula is C27H25N5O4S. The highest BCUT2D eigenvalue weighted by atomic mass is 32.1. The van der Waals surface area contributed by atoms with E-state index in [9.17, 15) is 19.7 Å². The average molecular weight is 516 g/mol. The lowest BCUT2D eigenvalue weighted by Gasteiger charge is -2.34. The molecule has 0 bridgehead atoms. The van der Waals surface area contributed by atoms with Crippen LogP contribution in [0.15, 0.2) is 72.8 Å². The zero-order valence-electron chi connectivity index (χ0n) is 20.0. The number of carbonyl (C=O) groups excluding carboxylic acids is 2. The number of nitro groups is 1. The molecule has 0 spiro atoms. The second-order valence-electron chi connectivity index (χ2n) is 8.76. The fourth-order valence-electron chi connectivity index (χ4n) is 4.27. The van der Waals surface area contributed by atoms with Gasteiger partial charge in [-0.1, -0.05) is 53.8 Å². The van der Waals surface area contributed by atoms with Crippen molar-refractivity contribution in [2.24, 2.45) is 0 Å². The number of aromatic nitrogens is 1. The summed E-state index contributed by atoms with van der Waals surface area (Å²) >= 11 is 1.47. The number of carbonyl (C=O) groups is 2. The lowest BCUT2D eigenvalue weighted by atomic mass is 10.0. The number of benzene rings is 3. The first-order chi connectivity index (χ1) is 18.0. The van der Waals surface area contributed by atoms with Crippen LogP contribution in [-0.4, -0.2) is 65.8 Å². The highest BCUT2D eigenvalue weighted by molar-refractivity contribution is 7.22. The van der Waals surface area contributed by atoms with Crippen LogP contribution in [-0.2, 0) is 0 Å². The molecule has 1 amide bonds. The van der Waals surface area contributed by atoms with Crippen LogP contribution in [0.2, 0.25) is 0 Å². The molecule has 188 valence electrons. The van der Waals surface area contributed by atoms with E-state index < -0.39 is 4.92 Å². The van der Waals surface area contributed by atoms with Crippen molar-refractivity contribution in [3.8, 4) is 0 Å². The molecule has 0 radical (unpaired) electrons. The first kappa shape index (κ1) is 24.5. The summed E-state index contributed by atoms with van der Waals surface area (Å²) in [5, 5.41) is 14.9. The van der Waals surface area contributed by atoms with Crippen LogP contribution in [0, 0.1) is 10.1 Å². The van der Waals surface area contributed by atoms with Crippen LogP contribution in [0.1, 0.15) is 26.3 Å². The Hall–Kier alpha value is -4.15. The number of nitrogens with zero attached hydrogens (tertiary/aromatic N) is 4. The number of piperazine rings is 1. The van der Waals surface area contributed by atoms with Crippen molar-refractivity contribution < 1.29 is 14.5 Å². The fraction of sp³-hybridized carbons (Fsp3) is 0.222. The van der Waals surface area contributed by atoms with Gasteiger partial charge in [0.05, 0.1) is 15.1 Å². The normalized spacial score (nSPS) is 14.0. The maximum absolute atomic E-state index is 12.6. The Balaban J connectivity index is 1.08. The van der Waals surface area contributed by atoms with Gasteiger partial charge < -0.3 is 10.2 Å². The number of anilines is 1. The molecule has 1 aliphatic rings. The van der Waals surface area contributed by atoms with Crippen LogP contribution in [0.5, 0.6) is 0 Å². The molecule has 0 aliphatic carbocycles. The number of thiazole rings is 1. The van der Waals surface area contributed by atoms with Gasteiger partial charge in [-0.15, -0.1) is 0 Å². The summed E-state index contributed by atoms with van der Waals surface area (Å²) in [5.41, 5.74) is 2.53. The lowest BCUT2D eigenvalue weighted by Crippen LogP contribution is -2.48. The lowest BCUT2D eigenvalue weighted by molar-refractivity contribution is -0.384. The zero-order valence-corrected chi connectivity index (χ0v) is 20.8. The minimum absolute atomic E-state index is 0.0705. The van der Waals surface area contributed by atoms with E-state index in [1.54, 1.807) is 48.5 Å². The maximum atomic E-state index is 12.6. The number of amides is 1. The molecule has 1 aliphatic heterocycles. The van der Waals surface area contributed by atoms with Crippen LogP contribution < -0.4 is 10.2 Å². The molecule has 37 heavy (non-hydrogen) atoms. The Morgan fingerprint density at radius 2 is 1.59 bits per heavy atom. The van der Waals surface area contributed by atoms with E-state index in [-0.39, 0.29) is 17.4 Å². The summed E-state index contributed by atoms with van der Waals surface area (Å²) in [6.45, 7) is 4.52. The maximum Gasteiger partial charge on any atom is 0.270 e. The minimum atomic E-state index is -0.390. The molecule has 10 heteroatoms. The highest BCUT2D eigenvalue weighted by Gasteiger charge is 2.21. The van der Waals surface area contributed by atoms with Gasteiger partial charge in [-0.25, -0.2) is 4.98 Å². The first-order valence-corrected chi connectivity index (χ1v) is 12.8. The number of fused-ring (bicyclic) bond motifs is 1. The molecule has 1 saturated heterocycles. The minimum Gasteiger partial charge on any atom is -0.351 e. The van der Waals surface area contributed by atoms with Crippen LogP contribution in [0.25, 0.3) is 10.2 Å². The van der Waals surface area contributed by atoms with Crippen LogP contribution >= 0.6 is 11.3 Å². The summed E-state index contributed by atoms with van der Waals surface area (Å²) in [5.74, 6) is -0.236. The van der Waals surface area contributed by atoms with Crippen molar-refractivity contribution in [3.05, 3.63) is 99.6 Å². The molecule has 0 unspecified atom stereocenters. The van der Waals surface area contributed by atoms with Crippen molar-refractivity contribution in [2.45, 2.75) is 0 Å². The quantitative estimate of drug-likeness (QED) is 0.215. The number of rotatable bonds is 8. The van der Waals surface area contributed by atoms with Gasteiger partial charge in [-0.05, 0) is 18.2 Å². The van der Waals surface area contributed by atoms with E-state index in [0.717, 1.165) is 48.1 Å². The van der Waals surface area contributed by atoms with E-state index in [1.165, 1.54) is 17.4 Å². The number of hydrogen-bond acceptors (Lipinski definition) is 8. The van der Waals surface area contributed by atoms with Gasteiger partial charge in [-0.3, -0.25) is 24.6 Å². The average Bonchev–Trinajstić information content (AvgIpc) is 3.37. The molecule has 3 aromatic carbocycles. The third-order valence-electron chi connectivity index (χ3n) is 6.37.